The molecule has 22 heavy (non-hydrogen) atoms. The minimum Gasteiger partial charge on any atom is -0.462 e. The van der Waals surface area contributed by atoms with Crippen molar-refractivity contribution < 1.29 is 32.9 Å². The van der Waals surface area contributed by atoms with Crippen molar-refractivity contribution in [1.82, 2.24) is 0 Å². The summed E-state index contributed by atoms with van der Waals surface area (Å²) in [6.45, 7) is 13.2. The molecule has 0 amide bonds. The van der Waals surface area contributed by atoms with Crippen molar-refractivity contribution in [1.29, 1.82) is 0 Å². The Bertz CT molecular complexity index is 383. The first-order valence-electron chi connectivity index (χ1n) is 7.60. The maximum absolute atomic E-state index is 11.1. The molecule has 0 fully saturated rings. The molecular formula is C14H29NO6P+. The zero-order valence-electron chi connectivity index (χ0n) is 13.7. The number of quaternary nitrogens is 1. The van der Waals surface area contributed by atoms with E-state index >= 15 is 0 Å². The van der Waals surface area contributed by atoms with Crippen LogP contribution in [0, 0.1) is 0 Å². The third kappa shape index (κ3) is 8.66. The number of esters is 1. The quantitative estimate of drug-likeness (QED) is 0.244. The predicted octanol–water partition coefficient (Wildman–Crippen LogP) is 1.85. The molecule has 1 atom stereocenters. The smallest absolute Gasteiger partial charge is 0.462 e. The van der Waals surface area contributed by atoms with Crippen LogP contribution in [0.25, 0.3) is 0 Å². The molecule has 0 aromatic rings. The van der Waals surface area contributed by atoms with Crippen molar-refractivity contribution in [3.05, 3.63) is 12.7 Å². The summed E-state index contributed by atoms with van der Waals surface area (Å²) in [5.74, 6) is -0.560. The SMILES string of the molecule is C=CC(=O)OCCC(CC[N+](CC)(CC)CC)OP(=O)(O)O. The fraction of sp³-hybridized carbons (Fsp3) is 0.786. The molecule has 0 aliphatic heterocycles. The van der Waals surface area contributed by atoms with Crippen molar-refractivity contribution in [2.24, 2.45) is 0 Å². The summed E-state index contributed by atoms with van der Waals surface area (Å²) in [6.07, 6.45) is 1.13. The molecule has 0 rings (SSSR count). The maximum Gasteiger partial charge on any atom is 0.469 e. The zero-order valence-corrected chi connectivity index (χ0v) is 14.6. The molecule has 130 valence electrons. The number of nitrogens with zero attached hydrogens (tertiary/aromatic N) is 1. The van der Waals surface area contributed by atoms with E-state index in [0.29, 0.717) is 6.42 Å². The van der Waals surface area contributed by atoms with Gasteiger partial charge in [0, 0.05) is 18.9 Å². The first-order valence-corrected chi connectivity index (χ1v) is 9.13. The van der Waals surface area contributed by atoms with Crippen LogP contribution in [0.15, 0.2) is 12.7 Å². The normalized spacial score (nSPS) is 13.7. The molecule has 1 unspecified atom stereocenters. The first kappa shape index (κ1) is 21.3. The Labute approximate surface area is 132 Å². The van der Waals surface area contributed by atoms with Gasteiger partial charge in [0.15, 0.2) is 0 Å². The van der Waals surface area contributed by atoms with Crippen LogP contribution >= 0.6 is 7.82 Å². The third-order valence-electron chi connectivity index (χ3n) is 4.08. The van der Waals surface area contributed by atoms with Gasteiger partial charge >= 0.3 is 13.8 Å². The van der Waals surface area contributed by atoms with Gasteiger partial charge in [-0.3, -0.25) is 4.52 Å². The molecule has 0 aromatic carbocycles. The average molecular weight is 338 g/mol. The van der Waals surface area contributed by atoms with E-state index in [2.05, 4.69) is 27.4 Å². The van der Waals surface area contributed by atoms with Crippen LogP contribution in [-0.4, -0.2) is 59.1 Å². The van der Waals surface area contributed by atoms with Gasteiger partial charge in [-0.15, -0.1) is 0 Å². The Morgan fingerprint density at radius 3 is 2.18 bits per heavy atom. The second-order valence-electron chi connectivity index (χ2n) is 5.18. The van der Waals surface area contributed by atoms with Crippen LogP contribution in [0.4, 0.5) is 0 Å². The number of rotatable bonds is 12. The second-order valence-corrected chi connectivity index (χ2v) is 6.37. The fourth-order valence-corrected chi connectivity index (χ4v) is 2.96. The van der Waals surface area contributed by atoms with Crippen LogP contribution in [0.5, 0.6) is 0 Å². The summed E-state index contributed by atoms with van der Waals surface area (Å²) in [7, 11) is -4.57. The summed E-state index contributed by atoms with van der Waals surface area (Å²) in [5, 5.41) is 0. The lowest BCUT2D eigenvalue weighted by molar-refractivity contribution is -0.923. The topological polar surface area (TPSA) is 93.1 Å². The Morgan fingerprint density at radius 2 is 1.77 bits per heavy atom. The molecule has 2 N–H and O–H groups in total. The largest absolute Gasteiger partial charge is 0.469 e. The highest BCUT2D eigenvalue weighted by atomic mass is 31.2. The summed E-state index contributed by atoms with van der Waals surface area (Å²) in [5.41, 5.74) is 0. The predicted molar refractivity (Wildman–Crippen MR) is 84.1 cm³/mol. The molecule has 0 aliphatic rings. The van der Waals surface area contributed by atoms with E-state index in [1.54, 1.807) is 0 Å². The van der Waals surface area contributed by atoms with Crippen molar-refractivity contribution >= 4 is 13.8 Å². The van der Waals surface area contributed by atoms with Gasteiger partial charge in [0.1, 0.15) is 0 Å². The van der Waals surface area contributed by atoms with E-state index in [1.165, 1.54) is 0 Å². The molecule has 0 aromatic heterocycles. The molecule has 0 radical (unpaired) electrons. The van der Waals surface area contributed by atoms with Gasteiger partial charge in [0.2, 0.25) is 0 Å². The van der Waals surface area contributed by atoms with Gasteiger partial charge in [0.25, 0.3) is 0 Å². The molecule has 0 saturated heterocycles. The summed E-state index contributed by atoms with van der Waals surface area (Å²) in [4.78, 5) is 29.0. The van der Waals surface area contributed by atoms with Gasteiger partial charge in [-0.25, -0.2) is 9.36 Å². The lowest BCUT2D eigenvalue weighted by Crippen LogP contribution is -2.49. The monoisotopic (exact) mass is 338 g/mol. The summed E-state index contributed by atoms with van der Waals surface area (Å²) in [6, 6.07) is 0. The number of hydrogen-bond acceptors (Lipinski definition) is 4. The van der Waals surface area contributed by atoms with Crippen molar-refractivity contribution in [2.75, 3.05) is 32.8 Å². The average Bonchev–Trinajstić information content (AvgIpc) is 2.47. The van der Waals surface area contributed by atoms with Crippen LogP contribution in [0.1, 0.15) is 33.6 Å². The maximum atomic E-state index is 11.1. The van der Waals surface area contributed by atoms with E-state index in [0.717, 1.165) is 36.7 Å². The fourth-order valence-electron chi connectivity index (χ4n) is 2.36. The summed E-state index contributed by atoms with van der Waals surface area (Å²) >= 11 is 0. The van der Waals surface area contributed by atoms with E-state index in [-0.39, 0.29) is 13.0 Å². The van der Waals surface area contributed by atoms with Gasteiger partial charge in [0.05, 0.1) is 38.9 Å². The minimum atomic E-state index is -4.57. The number of phosphoric ester groups is 1. The number of carbonyl (C=O) groups excluding carboxylic acids is 1. The van der Waals surface area contributed by atoms with Crippen LogP contribution in [0.3, 0.4) is 0 Å². The molecule has 0 bridgehead atoms. The van der Waals surface area contributed by atoms with Gasteiger partial charge in [-0.05, 0) is 20.8 Å². The van der Waals surface area contributed by atoms with E-state index < -0.39 is 19.9 Å². The van der Waals surface area contributed by atoms with E-state index in [4.69, 9.17) is 19.0 Å². The lowest BCUT2D eigenvalue weighted by Gasteiger charge is -2.36. The van der Waals surface area contributed by atoms with Crippen LogP contribution in [-0.2, 0) is 18.6 Å². The van der Waals surface area contributed by atoms with Gasteiger partial charge in [-0.1, -0.05) is 6.58 Å². The van der Waals surface area contributed by atoms with Gasteiger partial charge in [-0.2, -0.15) is 0 Å². The Kier molecular flexibility index (Phi) is 9.80. The zero-order chi connectivity index (χ0) is 17.2. The molecule has 0 saturated carbocycles. The highest BCUT2D eigenvalue weighted by Crippen LogP contribution is 2.39. The highest BCUT2D eigenvalue weighted by Gasteiger charge is 2.27. The lowest BCUT2D eigenvalue weighted by atomic mass is 10.1. The molecule has 8 heteroatoms. The molecule has 0 aliphatic carbocycles. The number of hydrogen-bond donors (Lipinski definition) is 2. The molecule has 0 heterocycles. The van der Waals surface area contributed by atoms with Crippen LogP contribution < -0.4 is 0 Å². The molecule has 7 nitrogen and oxygen atoms in total. The van der Waals surface area contributed by atoms with Crippen LogP contribution in [0.2, 0.25) is 0 Å². The number of phosphoric acid groups is 1. The van der Waals surface area contributed by atoms with E-state index in [1.807, 2.05) is 0 Å². The number of carbonyl (C=O) groups is 1. The van der Waals surface area contributed by atoms with Crippen molar-refractivity contribution in [3.63, 3.8) is 0 Å². The molecular weight excluding hydrogens is 309 g/mol. The van der Waals surface area contributed by atoms with Crippen molar-refractivity contribution in [3.8, 4) is 0 Å². The Hall–Kier alpha value is -0.720. The summed E-state index contributed by atoms with van der Waals surface area (Å²) < 4.78 is 21.6. The van der Waals surface area contributed by atoms with E-state index in [9.17, 15) is 9.36 Å². The number of ether oxygens (including phenoxy) is 1. The van der Waals surface area contributed by atoms with Crippen molar-refractivity contribution in [2.45, 2.75) is 39.7 Å². The highest BCUT2D eigenvalue weighted by molar-refractivity contribution is 7.46. The second kappa shape index (κ2) is 10.1. The first-order chi connectivity index (χ1) is 10.2. The molecule has 0 spiro atoms. The third-order valence-corrected chi connectivity index (χ3v) is 4.65. The van der Waals surface area contributed by atoms with Gasteiger partial charge < -0.3 is 19.0 Å². The standard InChI is InChI=1S/C14H28NO6P/c1-5-14(16)20-12-10-13(21-22(17,18)19)9-11-15(6-2,7-3)8-4/h5,13H,1,6-12H2,2-4H3,(H-,17,18,19)/p+1. The Balaban J connectivity index is 4.62. The minimum absolute atomic E-state index is 0.0416. The Morgan fingerprint density at radius 1 is 1.23 bits per heavy atom.